The summed E-state index contributed by atoms with van der Waals surface area (Å²) in [6, 6.07) is 0.466. The summed E-state index contributed by atoms with van der Waals surface area (Å²) in [5.41, 5.74) is 1.40. The molecule has 2 fully saturated rings. The number of H-pyrrole nitrogens is 1. The topological polar surface area (TPSA) is 62.7 Å². The van der Waals surface area contributed by atoms with Crippen LogP contribution in [0, 0.1) is 10.2 Å². The van der Waals surface area contributed by atoms with Gasteiger partial charge in [0, 0.05) is 12.1 Å². The van der Waals surface area contributed by atoms with Crippen LogP contribution in [0.5, 0.6) is 0 Å². The number of hydrogen-bond donors (Lipinski definition) is 2. The highest BCUT2D eigenvalue weighted by atomic mass is 32.1. The van der Waals surface area contributed by atoms with Gasteiger partial charge in [-0.15, -0.1) is 0 Å². The zero-order chi connectivity index (χ0) is 15.7. The van der Waals surface area contributed by atoms with Crippen LogP contribution in [0.1, 0.15) is 64.2 Å². The summed E-state index contributed by atoms with van der Waals surface area (Å²) < 4.78 is 2.69. The van der Waals surface area contributed by atoms with Gasteiger partial charge in [0.15, 0.2) is 10.6 Å². The van der Waals surface area contributed by atoms with Crippen LogP contribution in [0.25, 0.3) is 0 Å². The highest BCUT2D eigenvalue weighted by molar-refractivity contribution is 7.71. The number of aromatic amines is 1. The monoisotopic (exact) mass is 320 g/mol. The Kier molecular flexibility index (Phi) is 4.21. The molecule has 1 aromatic heterocycles. The summed E-state index contributed by atoms with van der Waals surface area (Å²) >= 11 is 5.25. The van der Waals surface area contributed by atoms with E-state index in [0.717, 1.165) is 31.5 Å². The Balaban J connectivity index is 1.64. The first-order valence-electron chi connectivity index (χ1n) is 8.12. The van der Waals surface area contributed by atoms with E-state index in [2.05, 4.69) is 29.4 Å². The van der Waals surface area contributed by atoms with Crippen LogP contribution in [0.2, 0.25) is 0 Å². The predicted molar refractivity (Wildman–Crippen MR) is 87.9 cm³/mol. The standard InChI is InChI=1S/C16H24N4OS/c1-16(2)8-4-3-5-11(16)9-14(21)17-10-13-18-19-15(22)20(13)12-6-7-12/h9,12H,3-8,10H2,1-2H3,(H,17,21)(H,19,22)/b11-9+. The van der Waals surface area contributed by atoms with Crippen molar-refractivity contribution in [2.45, 2.75) is 65.0 Å². The number of amides is 1. The molecule has 0 bridgehead atoms. The highest BCUT2D eigenvalue weighted by Crippen LogP contribution is 2.39. The van der Waals surface area contributed by atoms with E-state index in [1.54, 1.807) is 6.08 Å². The van der Waals surface area contributed by atoms with E-state index in [-0.39, 0.29) is 11.3 Å². The zero-order valence-electron chi connectivity index (χ0n) is 13.3. The van der Waals surface area contributed by atoms with Crippen LogP contribution in [0.3, 0.4) is 0 Å². The van der Waals surface area contributed by atoms with Crippen molar-refractivity contribution in [2.24, 2.45) is 5.41 Å². The molecule has 0 saturated heterocycles. The molecular formula is C16H24N4OS. The highest BCUT2D eigenvalue weighted by Gasteiger charge is 2.28. The van der Waals surface area contributed by atoms with Crippen LogP contribution < -0.4 is 5.32 Å². The number of allylic oxidation sites excluding steroid dienone is 1. The molecule has 2 aliphatic carbocycles. The molecule has 0 spiro atoms. The first-order valence-corrected chi connectivity index (χ1v) is 8.53. The quantitative estimate of drug-likeness (QED) is 0.660. The molecule has 1 heterocycles. The van der Waals surface area contributed by atoms with Crippen LogP contribution in [0.15, 0.2) is 11.6 Å². The van der Waals surface area contributed by atoms with Gasteiger partial charge in [0.25, 0.3) is 0 Å². The number of carbonyl (C=O) groups excluding carboxylic acids is 1. The van der Waals surface area contributed by atoms with Gasteiger partial charge in [-0.3, -0.25) is 14.5 Å². The number of carbonyl (C=O) groups is 1. The van der Waals surface area contributed by atoms with Crippen molar-refractivity contribution in [3.8, 4) is 0 Å². The molecule has 3 rings (SSSR count). The number of nitrogens with one attached hydrogen (secondary N) is 2. The molecule has 2 saturated carbocycles. The number of rotatable bonds is 4. The minimum absolute atomic E-state index is 0.0266. The van der Waals surface area contributed by atoms with Crippen molar-refractivity contribution in [1.82, 2.24) is 20.1 Å². The minimum Gasteiger partial charge on any atom is -0.345 e. The second kappa shape index (κ2) is 5.99. The average molecular weight is 320 g/mol. The smallest absolute Gasteiger partial charge is 0.244 e. The summed E-state index contributed by atoms with van der Waals surface area (Å²) in [6.45, 7) is 4.87. The van der Waals surface area contributed by atoms with Crippen LogP contribution in [-0.2, 0) is 11.3 Å². The van der Waals surface area contributed by atoms with Crippen molar-refractivity contribution in [3.63, 3.8) is 0 Å². The molecular weight excluding hydrogens is 296 g/mol. The third kappa shape index (κ3) is 3.32. The van der Waals surface area contributed by atoms with Gasteiger partial charge in [-0.2, -0.15) is 5.10 Å². The van der Waals surface area contributed by atoms with E-state index in [1.165, 1.54) is 18.4 Å². The van der Waals surface area contributed by atoms with Gasteiger partial charge in [-0.25, -0.2) is 0 Å². The lowest BCUT2D eigenvalue weighted by Gasteiger charge is -2.32. The second-order valence-corrected chi connectivity index (χ2v) is 7.41. The Bertz CT molecular complexity index is 651. The normalized spacial score (nSPS) is 22.7. The molecule has 0 aliphatic heterocycles. The van der Waals surface area contributed by atoms with E-state index in [1.807, 2.05) is 4.57 Å². The zero-order valence-corrected chi connectivity index (χ0v) is 14.1. The molecule has 120 valence electrons. The lowest BCUT2D eigenvalue weighted by atomic mass is 9.73. The third-order valence-electron chi connectivity index (χ3n) is 4.78. The lowest BCUT2D eigenvalue weighted by Crippen LogP contribution is -2.26. The minimum atomic E-state index is -0.0266. The lowest BCUT2D eigenvalue weighted by molar-refractivity contribution is -0.116. The fourth-order valence-corrected chi connectivity index (χ4v) is 3.50. The molecule has 0 unspecified atom stereocenters. The van der Waals surface area contributed by atoms with Gasteiger partial charge in [0.2, 0.25) is 5.91 Å². The van der Waals surface area contributed by atoms with Crippen molar-refractivity contribution in [2.75, 3.05) is 0 Å². The van der Waals surface area contributed by atoms with E-state index >= 15 is 0 Å². The fraction of sp³-hybridized carbons (Fsp3) is 0.688. The van der Waals surface area contributed by atoms with Gasteiger partial charge in [-0.05, 0) is 49.7 Å². The Morgan fingerprint density at radius 2 is 2.27 bits per heavy atom. The van der Waals surface area contributed by atoms with Crippen molar-refractivity contribution < 1.29 is 4.79 Å². The molecule has 0 aromatic carbocycles. The van der Waals surface area contributed by atoms with Crippen molar-refractivity contribution in [3.05, 3.63) is 22.2 Å². The van der Waals surface area contributed by atoms with Gasteiger partial charge in [0.1, 0.15) is 0 Å². The van der Waals surface area contributed by atoms with Crippen LogP contribution in [-0.4, -0.2) is 20.7 Å². The second-order valence-electron chi connectivity index (χ2n) is 7.02. The van der Waals surface area contributed by atoms with E-state index in [4.69, 9.17) is 12.2 Å². The first kappa shape index (κ1) is 15.5. The van der Waals surface area contributed by atoms with Crippen molar-refractivity contribution in [1.29, 1.82) is 0 Å². The van der Waals surface area contributed by atoms with Gasteiger partial charge >= 0.3 is 0 Å². The van der Waals surface area contributed by atoms with E-state index in [0.29, 0.717) is 17.4 Å². The molecule has 0 radical (unpaired) electrons. The van der Waals surface area contributed by atoms with Crippen LogP contribution >= 0.6 is 12.2 Å². The molecule has 6 heteroatoms. The Hall–Kier alpha value is -1.43. The summed E-state index contributed by atoms with van der Waals surface area (Å²) in [6.07, 6.45) is 8.71. The molecule has 0 atom stereocenters. The maximum Gasteiger partial charge on any atom is 0.244 e. The third-order valence-corrected chi connectivity index (χ3v) is 5.07. The number of hydrogen-bond acceptors (Lipinski definition) is 3. The Labute approximate surface area is 136 Å². The molecule has 22 heavy (non-hydrogen) atoms. The summed E-state index contributed by atoms with van der Waals surface area (Å²) in [4.78, 5) is 12.2. The van der Waals surface area contributed by atoms with E-state index < -0.39 is 0 Å². The van der Waals surface area contributed by atoms with Crippen LogP contribution in [0.4, 0.5) is 0 Å². The molecule has 1 amide bonds. The molecule has 5 nitrogen and oxygen atoms in total. The maximum atomic E-state index is 12.2. The van der Waals surface area contributed by atoms with Gasteiger partial charge < -0.3 is 5.32 Å². The summed E-state index contributed by atoms with van der Waals surface area (Å²) in [5.74, 6) is 0.795. The summed E-state index contributed by atoms with van der Waals surface area (Å²) in [5, 5.41) is 10.0. The Morgan fingerprint density at radius 3 is 2.95 bits per heavy atom. The van der Waals surface area contributed by atoms with Gasteiger partial charge in [0.05, 0.1) is 6.54 Å². The predicted octanol–water partition coefficient (Wildman–Crippen LogP) is 3.42. The Morgan fingerprint density at radius 1 is 1.50 bits per heavy atom. The van der Waals surface area contributed by atoms with Crippen molar-refractivity contribution >= 4 is 18.1 Å². The largest absolute Gasteiger partial charge is 0.345 e. The average Bonchev–Trinajstić information content (AvgIpc) is 3.22. The molecule has 1 aromatic rings. The maximum absolute atomic E-state index is 12.2. The fourth-order valence-electron chi connectivity index (χ4n) is 3.20. The number of aromatic nitrogens is 3. The van der Waals surface area contributed by atoms with Gasteiger partial charge in [-0.1, -0.05) is 25.8 Å². The SMILES string of the molecule is CC1(C)CCCC/C1=C\C(=O)NCc1n[nH]c(=S)n1C1CC1. The van der Waals surface area contributed by atoms with E-state index in [9.17, 15) is 4.79 Å². The first-order chi connectivity index (χ1) is 10.5. The summed E-state index contributed by atoms with van der Waals surface area (Å²) in [7, 11) is 0. The molecule has 2 N–H and O–H groups in total. The number of nitrogens with zero attached hydrogens (tertiary/aromatic N) is 2. The molecule has 2 aliphatic rings.